The van der Waals surface area contributed by atoms with Gasteiger partial charge in [0.2, 0.25) is 10.0 Å². The zero-order chi connectivity index (χ0) is 20.4. The molecule has 0 spiro atoms. The number of nitrogens with zero attached hydrogens (tertiary/aromatic N) is 2. The third-order valence-corrected chi connectivity index (χ3v) is 7.70. The van der Waals surface area contributed by atoms with Gasteiger partial charge in [-0.25, -0.2) is 8.42 Å². The lowest BCUT2D eigenvalue weighted by Crippen LogP contribution is -2.47. The van der Waals surface area contributed by atoms with Crippen LogP contribution in [0.3, 0.4) is 0 Å². The molecule has 1 aliphatic heterocycles. The number of likely N-dealkylation sites (N-methyl/N-ethyl adjacent to an activating group) is 1. The third kappa shape index (κ3) is 4.37. The molecule has 29 heavy (non-hydrogen) atoms. The highest BCUT2D eigenvalue weighted by Crippen LogP contribution is 2.24. The molecule has 1 saturated heterocycles. The second-order valence-corrected chi connectivity index (χ2v) is 9.82. The SMILES string of the molecule is CN1CCN(S(=O)(=O)c2cccc(NC(=O)c3ccc4c(c3)CCCC4)c2)CC1. The maximum atomic E-state index is 13.0. The molecule has 6 nitrogen and oxygen atoms in total. The van der Waals surface area contributed by atoms with Gasteiger partial charge in [0.1, 0.15) is 0 Å². The van der Waals surface area contributed by atoms with Gasteiger partial charge in [-0.1, -0.05) is 12.1 Å². The average Bonchev–Trinajstić information content (AvgIpc) is 2.74. The average molecular weight is 414 g/mol. The van der Waals surface area contributed by atoms with Crippen molar-refractivity contribution in [3.63, 3.8) is 0 Å². The first kappa shape index (κ1) is 20.1. The van der Waals surface area contributed by atoms with Gasteiger partial charge in [0.05, 0.1) is 4.90 Å². The third-order valence-electron chi connectivity index (χ3n) is 5.80. The van der Waals surface area contributed by atoms with Crippen LogP contribution in [0.4, 0.5) is 5.69 Å². The Morgan fingerprint density at radius 3 is 2.41 bits per heavy atom. The van der Waals surface area contributed by atoms with E-state index in [-0.39, 0.29) is 10.8 Å². The van der Waals surface area contributed by atoms with Crippen LogP contribution in [-0.4, -0.2) is 56.8 Å². The summed E-state index contributed by atoms with van der Waals surface area (Å²) in [5.74, 6) is -0.215. The summed E-state index contributed by atoms with van der Waals surface area (Å²) < 4.78 is 27.4. The zero-order valence-corrected chi connectivity index (χ0v) is 17.5. The fraction of sp³-hybridized carbons (Fsp3) is 0.409. The number of carbonyl (C=O) groups is 1. The minimum Gasteiger partial charge on any atom is -0.322 e. The number of aryl methyl sites for hydroxylation is 2. The van der Waals surface area contributed by atoms with Crippen LogP contribution >= 0.6 is 0 Å². The molecule has 1 heterocycles. The first-order chi connectivity index (χ1) is 13.9. The molecule has 0 bridgehead atoms. The Balaban J connectivity index is 1.51. The monoisotopic (exact) mass is 413 g/mol. The molecule has 4 rings (SSSR count). The van der Waals surface area contributed by atoms with Crippen molar-refractivity contribution in [1.29, 1.82) is 0 Å². The number of anilines is 1. The Hall–Kier alpha value is -2.22. The minimum absolute atomic E-state index is 0.213. The fourth-order valence-corrected chi connectivity index (χ4v) is 5.46. The first-order valence-corrected chi connectivity index (χ1v) is 11.6. The van der Waals surface area contributed by atoms with Gasteiger partial charge in [-0.2, -0.15) is 4.31 Å². The Morgan fingerprint density at radius 1 is 0.931 bits per heavy atom. The van der Waals surface area contributed by atoms with E-state index in [1.807, 2.05) is 25.2 Å². The highest BCUT2D eigenvalue weighted by Gasteiger charge is 2.27. The highest BCUT2D eigenvalue weighted by atomic mass is 32.2. The molecule has 1 fully saturated rings. The van der Waals surface area contributed by atoms with Crippen LogP contribution < -0.4 is 5.32 Å². The summed E-state index contributed by atoms with van der Waals surface area (Å²) in [6.07, 6.45) is 4.44. The molecule has 2 aliphatic rings. The van der Waals surface area contributed by atoms with E-state index in [4.69, 9.17) is 0 Å². The Bertz CT molecular complexity index is 1010. The quantitative estimate of drug-likeness (QED) is 0.837. The number of rotatable bonds is 4. The van der Waals surface area contributed by atoms with Gasteiger partial charge in [-0.15, -0.1) is 0 Å². The topological polar surface area (TPSA) is 69.7 Å². The molecule has 0 unspecified atom stereocenters. The predicted octanol–water partition coefficient (Wildman–Crippen LogP) is 2.75. The smallest absolute Gasteiger partial charge is 0.255 e. The number of hydrogen-bond acceptors (Lipinski definition) is 4. The lowest BCUT2D eigenvalue weighted by atomic mass is 9.90. The molecule has 2 aromatic rings. The van der Waals surface area contributed by atoms with E-state index in [1.54, 1.807) is 24.3 Å². The van der Waals surface area contributed by atoms with E-state index >= 15 is 0 Å². The van der Waals surface area contributed by atoms with E-state index in [1.165, 1.54) is 21.9 Å². The van der Waals surface area contributed by atoms with Crippen LogP contribution in [0, 0.1) is 0 Å². The molecular formula is C22H27N3O3S. The Morgan fingerprint density at radius 2 is 1.66 bits per heavy atom. The molecule has 0 aromatic heterocycles. The molecule has 0 atom stereocenters. The number of nitrogens with one attached hydrogen (secondary N) is 1. The van der Waals surface area contributed by atoms with Crippen molar-refractivity contribution < 1.29 is 13.2 Å². The standard InChI is InChI=1S/C22H27N3O3S/c1-24-11-13-25(14-12-24)29(27,28)21-8-4-7-20(16-21)23-22(26)19-10-9-17-5-2-3-6-18(17)15-19/h4,7-10,15-16H,2-3,5-6,11-14H2,1H3,(H,23,26). The molecule has 1 aliphatic carbocycles. The molecule has 0 saturated carbocycles. The minimum atomic E-state index is -3.57. The van der Waals surface area contributed by atoms with Crippen LogP contribution in [0.15, 0.2) is 47.4 Å². The number of benzene rings is 2. The molecule has 2 aromatic carbocycles. The summed E-state index contributed by atoms with van der Waals surface area (Å²) in [7, 11) is -1.58. The van der Waals surface area contributed by atoms with Gasteiger partial charge in [0.25, 0.3) is 5.91 Å². The summed E-state index contributed by atoms with van der Waals surface area (Å²) in [4.78, 5) is 15.0. The maximum absolute atomic E-state index is 13.0. The molecule has 7 heteroatoms. The van der Waals surface area contributed by atoms with Crippen molar-refractivity contribution in [1.82, 2.24) is 9.21 Å². The van der Waals surface area contributed by atoms with Crippen LogP contribution in [0.5, 0.6) is 0 Å². The second-order valence-electron chi connectivity index (χ2n) is 7.88. The largest absolute Gasteiger partial charge is 0.322 e. The normalized spacial score (nSPS) is 18.2. The number of amides is 1. The van der Waals surface area contributed by atoms with Gasteiger partial charge < -0.3 is 10.2 Å². The summed E-state index contributed by atoms with van der Waals surface area (Å²) in [6, 6.07) is 12.4. The molecular weight excluding hydrogens is 386 g/mol. The van der Waals surface area contributed by atoms with Gasteiger partial charge in [-0.05, 0) is 74.2 Å². The Kier molecular flexibility index (Phi) is 5.72. The summed E-state index contributed by atoms with van der Waals surface area (Å²) >= 11 is 0. The predicted molar refractivity (Wildman–Crippen MR) is 114 cm³/mol. The number of fused-ring (bicyclic) bond motifs is 1. The van der Waals surface area contributed by atoms with Crippen molar-refractivity contribution >= 4 is 21.6 Å². The molecule has 1 amide bonds. The van der Waals surface area contributed by atoms with E-state index in [0.29, 0.717) is 37.4 Å². The lowest BCUT2D eigenvalue weighted by molar-refractivity contribution is 0.102. The van der Waals surface area contributed by atoms with Crippen LogP contribution in [0.1, 0.15) is 34.3 Å². The van der Waals surface area contributed by atoms with Crippen LogP contribution in [-0.2, 0) is 22.9 Å². The second kappa shape index (κ2) is 8.26. The van der Waals surface area contributed by atoms with E-state index in [0.717, 1.165) is 19.3 Å². The van der Waals surface area contributed by atoms with Crippen LogP contribution in [0.2, 0.25) is 0 Å². The highest BCUT2D eigenvalue weighted by molar-refractivity contribution is 7.89. The van der Waals surface area contributed by atoms with Crippen molar-refractivity contribution in [3.05, 3.63) is 59.2 Å². The van der Waals surface area contributed by atoms with Gasteiger partial charge in [0, 0.05) is 37.4 Å². The maximum Gasteiger partial charge on any atom is 0.255 e. The van der Waals surface area contributed by atoms with Crippen LogP contribution in [0.25, 0.3) is 0 Å². The van der Waals surface area contributed by atoms with Gasteiger partial charge in [-0.3, -0.25) is 4.79 Å². The van der Waals surface area contributed by atoms with E-state index in [9.17, 15) is 13.2 Å². The number of piperazine rings is 1. The van der Waals surface area contributed by atoms with Gasteiger partial charge in [0.15, 0.2) is 0 Å². The molecule has 154 valence electrons. The van der Waals surface area contributed by atoms with E-state index in [2.05, 4.69) is 10.2 Å². The summed E-state index contributed by atoms with van der Waals surface area (Å²) in [6.45, 7) is 2.39. The van der Waals surface area contributed by atoms with Crippen molar-refractivity contribution in [3.8, 4) is 0 Å². The fourth-order valence-electron chi connectivity index (χ4n) is 3.99. The van der Waals surface area contributed by atoms with E-state index < -0.39 is 10.0 Å². The Labute approximate surface area is 172 Å². The molecule has 0 radical (unpaired) electrons. The summed E-state index contributed by atoms with van der Waals surface area (Å²) in [5, 5.41) is 2.86. The van der Waals surface area contributed by atoms with Crippen molar-refractivity contribution in [2.75, 3.05) is 38.5 Å². The molecule has 1 N–H and O–H groups in total. The first-order valence-electron chi connectivity index (χ1n) is 10.2. The number of sulfonamides is 1. The van der Waals surface area contributed by atoms with Gasteiger partial charge >= 0.3 is 0 Å². The van der Waals surface area contributed by atoms with Crippen molar-refractivity contribution in [2.24, 2.45) is 0 Å². The van der Waals surface area contributed by atoms with Crippen molar-refractivity contribution in [2.45, 2.75) is 30.6 Å². The number of hydrogen-bond donors (Lipinski definition) is 1. The lowest BCUT2D eigenvalue weighted by Gasteiger charge is -2.31. The zero-order valence-electron chi connectivity index (χ0n) is 16.7. The number of carbonyl (C=O) groups excluding carboxylic acids is 1. The summed E-state index contributed by atoms with van der Waals surface area (Å²) in [5.41, 5.74) is 3.67.